The Hall–Kier alpha value is -1.14. The molecule has 20 heavy (non-hydrogen) atoms. The monoisotopic (exact) mass is 297 g/mol. The summed E-state index contributed by atoms with van der Waals surface area (Å²) in [6, 6.07) is 0. The topological polar surface area (TPSA) is 88.2 Å². The van der Waals surface area contributed by atoms with Crippen molar-refractivity contribution in [3.63, 3.8) is 0 Å². The maximum atomic E-state index is 12.2. The molecule has 112 valence electrons. The van der Waals surface area contributed by atoms with Crippen molar-refractivity contribution in [2.45, 2.75) is 57.4 Å². The molecule has 1 aromatic rings. The van der Waals surface area contributed by atoms with Crippen LogP contribution >= 0.6 is 11.3 Å². The van der Waals surface area contributed by atoms with Crippen molar-refractivity contribution in [1.82, 2.24) is 10.3 Å². The predicted octanol–water partition coefficient (Wildman–Crippen LogP) is 1.78. The summed E-state index contributed by atoms with van der Waals surface area (Å²) in [6.07, 6.45) is 6.51. The Balaban J connectivity index is 2.00. The fraction of sp³-hybridized carbons (Fsp3) is 0.714. The van der Waals surface area contributed by atoms with Crippen LogP contribution in [-0.4, -0.2) is 28.1 Å². The van der Waals surface area contributed by atoms with E-state index in [1.54, 1.807) is 0 Å². The van der Waals surface area contributed by atoms with Gasteiger partial charge in [0.05, 0.1) is 24.3 Å². The molecular weight excluding hydrogens is 274 g/mol. The van der Waals surface area contributed by atoms with E-state index in [1.807, 2.05) is 6.92 Å². The van der Waals surface area contributed by atoms with E-state index in [0.717, 1.165) is 36.3 Å². The number of aliphatic hydroxyl groups excluding tert-OH is 1. The summed E-state index contributed by atoms with van der Waals surface area (Å²) >= 11 is 1.36. The smallest absolute Gasteiger partial charge is 0.225 e. The summed E-state index contributed by atoms with van der Waals surface area (Å²) in [6.45, 7) is 1.88. The molecule has 1 fully saturated rings. The molecule has 5 nitrogen and oxygen atoms in total. The third kappa shape index (κ3) is 3.70. The van der Waals surface area contributed by atoms with Crippen molar-refractivity contribution in [1.29, 1.82) is 0 Å². The number of aliphatic hydroxyl groups is 1. The van der Waals surface area contributed by atoms with Crippen LogP contribution in [0.5, 0.6) is 0 Å². The summed E-state index contributed by atoms with van der Waals surface area (Å²) in [5.41, 5.74) is 6.04. The quantitative estimate of drug-likeness (QED) is 0.739. The number of nitrogen functional groups attached to an aromatic ring is 1. The van der Waals surface area contributed by atoms with Crippen molar-refractivity contribution in [3.8, 4) is 0 Å². The maximum absolute atomic E-state index is 12.2. The van der Waals surface area contributed by atoms with E-state index in [2.05, 4.69) is 10.3 Å². The lowest BCUT2D eigenvalue weighted by Gasteiger charge is -2.32. The second-order valence-electron chi connectivity index (χ2n) is 5.64. The second kappa shape index (κ2) is 6.54. The SMILES string of the molecule is Cc1nc(N)sc1CC(=O)NC1(CO)CCCCCC1. The number of hydrogen-bond acceptors (Lipinski definition) is 5. The standard InChI is InChI=1S/C14H23N3O2S/c1-10-11(20-13(15)16-10)8-12(19)17-14(9-18)6-4-2-3-5-7-14/h18H,2-9H2,1H3,(H2,15,16)(H,17,19). The molecule has 0 aliphatic heterocycles. The molecule has 1 aromatic heterocycles. The predicted molar refractivity (Wildman–Crippen MR) is 80.6 cm³/mol. The number of nitrogens with zero attached hydrogens (tertiary/aromatic N) is 1. The maximum Gasteiger partial charge on any atom is 0.225 e. The van der Waals surface area contributed by atoms with Crippen LogP contribution in [0, 0.1) is 6.92 Å². The van der Waals surface area contributed by atoms with Gasteiger partial charge in [0, 0.05) is 4.88 Å². The largest absolute Gasteiger partial charge is 0.394 e. The Kier molecular flexibility index (Phi) is 4.99. The highest BCUT2D eigenvalue weighted by atomic mass is 32.1. The number of aryl methyl sites for hydroxylation is 1. The average Bonchev–Trinajstić information content (AvgIpc) is 2.62. The lowest BCUT2D eigenvalue weighted by Crippen LogP contribution is -2.51. The Bertz CT molecular complexity index is 465. The zero-order valence-corrected chi connectivity index (χ0v) is 12.8. The molecule has 0 aromatic carbocycles. The molecule has 0 saturated heterocycles. The first kappa shape index (κ1) is 15.3. The van der Waals surface area contributed by atoms with Gasteiger partial charge in [0.1, 0.15) is 0 Å². The van der Waals surface area contributed by atoms with Gasteiger partial charge in [-0.25, -0.2) is 4.98 Å². The number of nitrogens with two attached hydrogens (primary N) is 1. The van der Waals surface area contributed by atoms with Crippen molar-refractivity contribution < 1.29 is 9.90 Å². The van der Waals surface area contributed by atoms with Crippen molar-refractivity contribution in [2.75, 3.05) is 12.3 Å². The first-order chi connectivity index (χ1) is 9.54. The lowest BCUT2D eigenvalue weighted by atomic mass is 9.91. The van der Waals surface area contributed by atoms with Crippen LogP contribution in [0.4, 0.5) is 5.13 Å². The highest BCUT2D eigenvalue weighted by Crippen LogP contribution is 2.27. The number of rotatable bonds is 4. The van der Waals surface area contributed by atoms with Gasteiger partial charge in [0.25, 0.3) is 0 Å². The highest BCUT2D eigenvalue weighted by molar-refractivity contribution is 7.15. The van der Waals surface area contributed by atoms with Gasteiger partial charge >= 0.3 is 0 Å². The van der Waals surface area contributed by atoms with Gasteiger partial charge in [-0.3, -0.25) is 4.79 Å². The van der Waals surface area contributed by atoms with Gasteiger partial charge in [0.15, 0.2) is 5.13 Å². The van der Waals surface area contributed by atoms with E-state index in [0.29, 0.717) is 11.6 Å². The molecule has 1 amide bonds. The number of nitrogens with one attached hydrogen (secondary N) is 1. The highest BCUT2D eigenvalue weighted by Gasteiger charge is 2.31. The van der Waals surface area contributed by atoms with Gasteiger partial charge in [-0.2, -0.15) is 0 Å². The minimum absolute atomic E-state index is 0.0164. The third-order valence-corrected chi connectivity index (χ3v) is 4.98. The van der Waals surface area contributed by atoms with Crippen LogP contribution < -0.4 is 11.1 Å². The van der Waals surface area contributed by atoms with E-state index in [4.69, 9.17) is 5.73 Å². The van der Waals surface area contributed by atoms with Gasteiger partial charge in [0.2, 0.25) is 5.91 Å². The normalized spacial score (nSPS) is 18.5. The van der Waals surface area contributed by atoms with E-state index < -0.39 is 5.54 Å². The van der Waals surface area contributed by atoms with Crippen LogP contribution in [0.3, 0.4) is 0 Å². The zero-order chi connectivity index (χ0) is 14.6. The minimum atomic E-state index is -0.433. The van der Waals surface area contributed by atoms with E-state index >= 15 is 0 Å². The molecule has 1 heterocycles. The molecule has 1 aliphatic carbocycles. The van der Waals surface area contributed by atoms with Crippen LogP contribution in [-0.2, 0) is 11.2 Å². The van der Waals surface area contributed by atoms with Gasteiger partial charge in [-0.05, 0) is 19.8 Å². The first-order valence-corrected chi connectivity index (χ1v) is 8.00. The first-order valence-electron chi connectivity index (χ1n) is 7.18. The fourth-order valence-electron chi connectivity index (χ4n) is 2.83. The summed E-state index contributed by atoms with van der Waals surface area (Å²) in [5.74, 6) is -0.0484. The molecule has 2 rings (SSSR count). The van der Waals surface area contributed by atoms with Crippen LogP contribution in [0.15, 0.2) is 0 Å². The summed E-state index contributed by atoms with van der Waals surface area (Å²) in [4.78, 5) is 17.3. The number of carbonyl (C=O) groups excluding carboxylic acids is 1. The molecule has 1 saturated carbocycles. The molecule has 0 spiro atoms. The molecule has 6 heteroatoms. The number of thiazole rings is 1. The van der Waals surface area contributed by atoms with Crippen LogP contribution in [0.2, 0.25) is 0 Å². The zero-order valence-electron chi connectivity index (χ0n) is 11.9. The lowest BCUT2D eigenvalue weighted by molar-refractivity contribution is -0.123. The number of anilines is 1. The second-order valence-corrected chi connectivity index (χ2v) is 6.75. The minimum Gasteiger partial charge on any atom is -0.394 e. The van der Waals surface area contributed by atoms with Gasteiger partial charge < -0.3 is 16.2 Å². The molecular formula is C14H23N3O2S. The summed E-state index contributed by atoms with van der Waals surface area (Å²) in [5, 5.41) is 13.2. The molecule has 0 atom stereocenters. The average molecular weight is 297 g/mol. The molecule has 4 N–H and O–H groups in total. The number of amides is 1. The molecule has 0 radical (unpaired) electrons. The van der Waals surface area contributed by atoms with E-state index in [9.17, 15) is 9.90 Å². The van der Waals surface area contributed by atoms with E-state index in [-0.39, 0.29) is 12.5 Å². The van der Waals surface area contributed by atoms with Crippen molar-refractivity contribution in [3.05, 3.63) is 10.6 Å². The number of aromatic nitrogens is 1. The van der Waals surface area contributed by atoms with Crippen LogP contribution in [0.25, 0.3) is 0 Å². The van der Waals surface area contributed by atoms with Crippen LogP contribution in [0.1, 0.15) is 49.1 Å². The van der Waals surface area contributed by atoms with E-state index in [1.165, 1.54) is 24.2 Å². The number of hydrogen-bond donors (Lipinski definition) is 3. The summed E-state index contributed by atoms with van der Waals surface area (Å²) in [7, 11) is 0. The van der Waals surface area contributed by atoms with Gasteiger partial charge in [-0.1, -0.05) is 25.7 Å². The summed E-state index contributed by atoms with van der Waals surface area (Å²) < 4.78 is 0. The molecule has 0 bridgehead atoms. The fourth-order valence-corrected chi connectivity index (χ4v) is 3.66. The van der Waals surface area contributed by atoms with Crippen molar-refractivity contribution in [2.24, 2.45) is 0 Å². The molecule has 0 unspecified atom stereocenters. The molecule has 1 aliphatic rings. The number of carbonyl (C=O) groups is 1. The van der Waals surface area contributed by atoms with Gasteiger partial charge in [-0.15, -0.1) is 11.3 Å². The Morgan fingerprint density at radius 3 is 2.55 bits per heavy atom. The Labute approximate surface area is 123 Å². The Morgan fingerprint density at radius 2 is 2.05 bits per heavy atom. The van der Waals surface area contributed by atoms with Crippen molar-refractivity contribution >= 4 is 22.4 Å². The third-order valence-electron chi connectivity index (χ3n) is 4.00. The Morgan fingerprint density at radius 1 is 1.40 bits per heavy atom.